The molecule has 0 aliphatic carbocycles. The molecule has 21 heavy (non-hydrogen) atoms. The number of carbonyl (C=O) groups is 1. The first kappa shape index (κ1) is 17.1. The van der Waals surface area contributed by atoms with Crippen molar-refractivity contribution in [1.29, 1.82) is 0 Å². The normalized spacial score (nSPS) is 12.5. The Bertz CT molecular complexity index is 506. The van der Waals surface area contributed by atoms with Gasteiger partial charge in [-0.2, -0.15) is 0 Å². The van der Waals surface area contributed by atoms with Gasteiger partial charge in [0.15, 0.2) is 11.5 Å². The fraction of sp³-hybridized carbons (Fsp3) is 0.533. The van der Waals surface area contributed by atoms with Crippen molar-refractivity contribution in [1.82, 2.24) is 0 Å². The predicted octanol–water partition coefficient (Wildman–Crippen LogP) is 3.10. The Morgan fingerprint density at radius 1 is 1.19 bits per heavy atom. The number of anilines is 1. The van der Waals surface area contributed by atoms with Crippen LogP contribution in [0.3, 0.4) is 0 Å². The molecule has 0 aliphatic heterocycles. The summed E-state index contributed by atoms with van der Waals surface area (Å²) in [5, 5.41) is 12.5. The van der Waals surface area contributed by atoms with Gasteiger partial charge in [0.2, 0.25) is 0 Å². The van der Waals surface area contributed by atoms with E-state index in [1.54, 1.807) is 39.8 Å². The van der Waals surface area contributed by atoms with Crippen molar-refractivity contribution in [2.24, 2.45) is 0 Å². The molecule has 1 atom stereocenters. The van der Waals surface area contributed by atoms with Gasteiger partial charge in [-0.05, 0) is 33.8 Å². The van der Waals surface area contributed by atoms with Crippen LogP contribution in [0.25, 0.3) is 0 Å². The van der Waals surface area contributed by atoms with Gasteiger partial charge in [-0.15, -0.1) is 0 Å². The zero-order valence-corrected chi connectivity index (χ0v) is 13.3. The molecule has 2 N–H and O–H groups in total. The van der Waals surface area contributed by atoms with Gasteiger partial charge >= 0.3 is 6.09 Å². The monoisotopic (exact) mass is 297 g/mol. The molecule has 0 saturated heterocycles. The average Bonchev–Trinajstić information content (AvgIpc) is 2.35. The Hall–Kier alpha value is -1.95. The van der Waals surface area contributed by atoms with Crippen molar-refractivity contribution in [2.45, 2.75) is 39.4 Å². The maximum Gasteiger partial charge on any atom is 0.412 e. The average molecular weight is 297 g/mol. The number of amides is 1. The van der Waals surface area contributed by atoms with Crippen LogP contribution in [-0.2, 0) is 4.74 Å². The van der Waals surface area contributed by atoms with Gasteiger partial charge in [0.25, 0.3) is 0 Å². The fourth-order valence-electron chi connectivity index (χ4n) is 1.76. The fourth-order valence-corrected chi connectivity index (χ4v) is 1.76. The van der Waals surface area contributed by atoms with E-state index >= 15 is 0 Å². The van der Waals surface area contributed by atoms with Gasteiger partial charge in [0.05, 0.1) is 26.0 Å². The van der Waals surface area contributed by atoms with Gasteiger partial charge in [0.1, 0.15) is 5.60 Å². The van der Waals surface area contributed by atoms with Crippen LogP contribution < -0.4 is 14.8 Å². The molecule has 0 spiro atoms. The molecule has 118 valence electrons. The van der Waals surface area contributed by atoms with E-state index in [4.69, 9.17) is 14.2 Å². The van der Waals surface area contributed by atoms with E-state index in [0.29, 0.717) is 22.7 Å². The van der Waals surface area contributed by atoms with Crippen LogP contribution in [0.2, 0.25) is 0 Å². The maximum absolute atomic E-state index is 11.9. The molecule has 0 unspecified atom stereocenters. The zero-order chi connectivity index (χ0) is 16.2. The molecule has 1 aromatic carbocycles. The highest BCUT2D eigenvalue weighted by Gasteiger charge is 2.20. The highest BCUT2D eigenvalue weighted by Crippen LogP contribution is 2.36. The summed E-state index contributed by atoms with van der Waals surface area (Å²) in [4.78, 5) is 11.9. The van der Waals surface area contributed by atoms with Crippen LogP contribution in [0.15, 0.2) is 12.1 Å². The molecule has 1 amide bonds. The SMILES string of the molecule is COc1cc(NC(=O)OC(C)(C)C)c([C@@H](C)O)cc1OC. The van der Waals surface area contributed by atoms with Gasteiger partial charge in [0, 0.05) is 11.6 Å². The Balaban J connectivity index is 3.12. The van der Waals surface area contributed by atoms with Crippen molar-refractivity contribution in [3.63, 3.8) is 0 Å². The van der Waals surface area contributed by atoms with E-state index in [1.165, 1.54) is 14.2 Å². The van der Waals surface area contributed by atoms with Crippen molar-refractivity contribution < 1.29 is 24.1 Å². The first-order valence-corrected chi connectivity index (χ1v) is 6.62. The van der Waals surface area contributed by atoms with Crippen molar-refractivity contribution in [3.05, 3.63) is 17.7 Å². The lowest BCUT2D eigenvalue weighted by molar-refractivity contribution is 0.0635. The second-order valence-corrected chi connectivity index (χ2v) is 5.60. The molecular formula is C15H23NO5. The quantitative estimate of drug-likeness (QED) is 0.893. The van der Waals surface area contributed by atoms with Crippen LogP contribution in [-0.4, -0.2) is 31.0 Å². The summed E-state index contributed by atoms with van der Waals surface area (Å²) in [7, 11) is 3.00. The second-order valence-electron chi connectivity index (χ2n) is 5.60. The van der Waals surface area contributed by atoms with Gasteiger partial charge in [-0.3, -0.25) is 5.32 Å². The number of aliphatic hydroxyl groups is 1. The number of ether oxygens (including phenoxy) is 3. The molecule has 0 heterocycles. The number of hydrogen-bond donors (Lipinski definition) is 2. The first-order valence-electron chi connectivity index (χ1n) is 6.62. The zero-order valence-electron chi connectivity index (χ0n) is 13.3. The smallest absolute Gasteiger partial charge is 0.412 e. The molecule has 0 saturated carbocycles. The molecule has 0 fully saturated rings. The van der Waals surface area contributed by atoms with Crippen LogP contribution in [0.4, 0.5) is 10.5 Å². The number of methoxy groups -OCH3 is 2. The van der Waals surface area contributed by atoms with E-state index < -0.39 is 17.8 Å². The third kappa shape index (κ3) is 4.82. The Morgan fingerprint density at radius 2 is 1.71 bits per heavy atom. The highest BCUT2D eigenvalue weighted by atomic mass is 16.6. The van der Waals surface area contributed by atoms with Gasteiger partial charge in [-0.1, -0.05) is 0 Å². The van der Waals surface area contributed by atoms with Crippen LogP contribution in [0, 0.1) is 0 Å². The minimum absolute atomic E-state index is 0.414. The van der Waals surface area contributed by atoms with Crippen LogP contribution >= 0.6 is 0 Å². The lowest BCUT2D eigenvalue weighted by atomic mass is 10.1. The summed E-state index contributed by atoms with van der Waals surface area (Å²) in [6.45, 7) is 6.92. The molecule has 1 rings (SSSR count). The Labute approximate surface area is 125 Å². The topological polar surface area (TPSA) is 77.0 Å². The predicted molar refractivity (Wildman–Crippen MR) is 80.0 cm³/mol. The molecule has 6 heteroatoms. The first-order chi connectivity index (χ1) is 9.67. The third-order valence-electron chi connectivity index (χ3n) is 2.64. The van der Waals surface area contributed by atoms with Crippen LogP contribution in [0.1, 0.15) is 39.4 Å². The number of aliphatic hydroxyl groups excluding tert-OH is 1. The number of carbonyl (C=O) groups excluding carboxylic acids is 1. The Kier molecular flexibility index (Phi) is 5.43. The largest absolute Gasteiger partial charge is 0.493 e. The third-order valence-corrected chi connectivity index (χ3v) is 2.64. The number of nitrogens with one attached hydrogen (secondary N) is 1. The summed E-state index contributed by atoms with van der Waals surface area (Å²) in [5.41, 5.74) is 0.321. The van der Waals surface area contributed by atoms with Crippen LogP contribution in [0.5, 0.6) is 11.5 Å². The minimum atomic E-state index is -0.783. The molecule has 0 aromatic heterocycles. The summed E-state index contributed by atoms with van der Waals surface area (Å²) < 4.78 is 15.6. The van der Waals surface area contributed by atoms with Gasteiger partial charge in [-0.25, -0.2) is 4.79 Å². The highest BCUT2D eigenvalue weighted by molar-refractivity contribution is 5.87. The van der Waals surface area contributed by atoms with E-state index in [0.717, 1.165) is 0 Å². The van der Waals surface area contributed by atoms with Crippen molar-refractivity contribution in [2.75, 3.05) is 19.5 Å². The summed E-state index contributed by atoms with van der Waals surface area (Å²) in [6, 6.07) is 3.21. The van der Waals surface area contributed by atoms with Crippen molar-refractivity contribution in [3.8, 4) is 11.5 Å². The summed E-state index contributed by atoms with van der Waals surface area (Å²) in [6.07, 6.45) is -1.38. The maximum atomic E-state index is 11.9. The van der Waals surface area contributed by atoms with E-state index in [1.807, 2.05) is 0 Å². The molecule has 0 aliphatic rings. The minimum Gasteiger partial charge on any atom is -0.493 e. The Morgan fingerprint density at radius 3 is 2.14 bits per heavy atom. The van der Waals surface area contributed by atoms with Gasteiger partial charge < -0.3 is 19.3 Å². The number of hydrogen-bond acceptors (Lipinski definition) is 5. The summed E-state index contributed by atoms with van der Waals surface area (Å²) >= 11 is 0. The lowest BCUT2D eigenvalue weighted by Crippen LogP contribution is -2.27. The van der Waals surface area contributed by atoms with Crippen molar-refractivity contribution >= 4 is 11.8 Å². The molecular weight excluding hydrogens is 274 g/mol. The second kappa shape index (κ2) is 6.67. The molecule has 6 nitrogen and oxygen atoms in total. The summed E-state index contributed by atoms with van der Waals surface area (Å²) in [5.74, 6) is 0.927. The molecule has 1 aromatic rings. The van der Waals surface area contributed by atoms with E-state index in [9.17, 15) is 9.90 Å². The number of rotatable bonds is 4. The van der Waals surface area contributed by atoms with E-state index in [2.05, 4.69) is 5.32 Å². The number of benzene rings is 1. The van der Waals surface area contributed by atoms with E-state index in [-0.39, 0.29) is 0 Å². The molecule has 0 radical (unpaired) electrons. The standard InChI is InChI=1S/C15H23NO5/c1-9(17)10-7-12(19-5)13(20-6)8-11(10)16-14(18)21-15(2,3)4/h7-9,17H,1-6H3,(H,16,18)/t9-/m1/s1. The lowest BCUT2D eigenvalue weighted by Gasteiger charge is -2.21. The molecule has 0 bridgehead atoms.